The van der Waals surface area contributed by atoms with Gasteiger partial charge in [-0.3, -0.25) is 9.20 Å². The van der Waals surface area contributed by atoms with E-state index in [1.54, 1.807) is 0 Å². The zero-order valence-corrected chi connectivity index (χ0v) is 12.6. The van der Waals surface area contributed by atoms with Crippen LogP contribution < -0.4 is 10.3 Å². The van der Waals surface area contributed by atoms with E-state index in [-0.39, 0.29) is 24.6 Å². The molecule has 114 valence electrons. The second kappa shape index (κ2) is 5.86. The molecule has 0 fully saturated rings. The van der Waals surface area contributed by atoms with Crippen LogP contribution in [0.5, 0.6) is 5.75 Å². The number of rotatable bonds is 4. The van der Waals surface area contributed by atoms with Gasteiger partial charge >= 0.3 is 0 Å². The van der Waals surface area contributed by atoms with Gasteiger partial charge in [0.2, 0.25) is 0 Å². The lowest BCUT2D eigenvalue weighted by Crippen LogP contribution is -2.17. The number of nitrogens with zero attached hydrogens (tertiary/aromatic N) is 2. The maximum absolute atomic E-state index is 12.8. The molecule has 0 aliphatic carbocycles. The van der Waals surface area contributed by atoms with Crippen molar-refractivity contribution in [3.05, 3.63) is 62.8 Å². The van der Waals surface area contributed by atoms with Crippen LogP contribution in [0, 0.1) is 12.7 Å². The molecule has 0 saturated carbocycles. The van der Waals surface area contributed by atoms with E-state index >= 15 is 0 Å². The molecule has 0 radical (unpaired) electrons. The third-order valence-electron chi connectivity index (χ3n) is 3.21. The molecule has 5 nitrogen and oxygen atoms in total. The highest BCUT2D eigenvalue weighted by molar-refractivity contribution is 7.17. The highest BCUT2D eigenvalue weighted by atomic mass is 32.1. The Morgan fingerprint density at radius 2 is 2.09 bits per heavy atom. The number of aliphatic hydroxyl groups excluding tert-OH is 1. The summed E-state index contributed by atoms with van der Waals surface area (Å²) in [7, 11) is 0. The zero-order valence-electron chi connectivity index (χ0n) is 11.7. The smallest absolute Gasteiger partial charge is 0.259 e. The van der Waals surface area contributed by atoms with Crippen molar-refractivity contribution in [1.29, 1.82) is 0 Å². The van der Waals surface area contributed by atoms with Crippen molar-refractivity contribution in [1.82, 2.24) is 9.38 Å². The number of ether oxygens (including phenoxy) is 1. The minimum absolute atomic E-state index is 0.114. The summed E-state index contributed by atoms with van der Waals surface area (Å²) >= 11 is 1.34. The number of aliphatic hydroxyl groups is 1. The lowest BCUT2D eigenvalue weighted by atomic mass is 10.3. The highest BCUT2D eigenvalue weighted by Crippen LogP contribution is 2.20. The second-order valence-electron chi connectivity index (χ2n) is 4.71. The van der Waals surface area contributed by atoms with E-state index in [9.17, 15) is 14.3 Å². The maximum Gasteiger partial charge on any atom is 0.259 e. The van der Waals surface area contributed by atoms with Crippen molar-refractivity contribution >= 4 is 16.3 Å². The van der Waals surface area contributed by atoms with Crippen molar-refractivity contribution in [2.24, 2.45) is 0 Å². The van der Waals surface area contributed by atoms with Crippen LogP contribution in [0.15, 0.2) is 35.1 Å². The first-order valence-electron chi connectivity index (χ1n) is 6.58. The summed E-state index contributed by atoms with van der Waals surface area (Å²) in [6.07, 6.45) is 0. The Balaban J connectivity index is 1.89. The van der Waals surface area contributed by atoms with Gasteiger partial charge in [0.05, 0.1) is 18.0 Å². The van der Waals surface area contributed by atoms with Crippen LogP contribution in [0.1, 0.15) is 16.3 Å². The van der Waals surface area contributed by atoms with Crippen LogP contribution in [0.4, 0.5) is 4.39 Å². The van der Waals surface area contributed by atoms with Gasteiger partial charge in [-0.2, -0.15) is 0 Å². The van der Waals surface area contributed by atoms with Gasteiger partial charge in [-0.15, -0.1) is 11.3 Å². The number of thiazole rings is 1. The quantitative estimate of drug-likeness (QED) is 0.801. The fraction of sp³-hybridized carbons (Fsp3) is 0.200. The predicted octanol–water partition coefficient (Wildman–Crippen LogP) is 2.27. The first-order valence-corrected chi connectivity index (χ1v) is 7.40. The summed E-state index contributed by atoms with van der Waals surface area (Å²) in [6.45, 7) is 1.74. The number of aryl methyl sites for hydroxylation is 1. The molecule has 0 bridgehead atoms. The van der Waals surface area contributed by atoms with E-state index in [4.69, 9.17) is 4.74 Å². The molecule has 3 aromatic rings. The Kier molecular flexibility index (Phi) is 3.91. The summed E-state index contributed by atoms with van der Waals surface area (Å²) in [4.78, 5) is 17.9. The number of fused-ring (bicyclic) bond motifs is 1. The Morgan fingerprint density at radius 1 is 1.36 bits per heavy atom. The third kappa shape index (κ3) is 2.72. The van der Waals surface area contributed by atoms with Crippen molar-refractivity contribution in [2.45, 2.75) is 20.1 Å². The zero-order chi connectivity index (χ0) is 15.7. The van der Waals surface area contributed by atoms with Crippen LogP contribution >= 0.6 is 11.3 Å². The van der Waals surface area contributed by atoms with E-state index in [1.165, 1.54) is 46.1 Å². The number of benzene rings is 1. The molecule has 0 spiro atoms. The van der Waals surface area contributed by atoms with Crippen LogP contribution in [0.2, 0.25) is 0 Å². The molecule has 7 heteroatoms. The van der Waals surface area contributed by atoms with E-state index in [0.717, 1.165) is 4.88 Å². The first kappa shape index (κ1) is 14.7. The summed E-state index contributed by atoms with van der Waals surface area (Å²) < 4.78 is 19.7. The van der Waals surface area contributed by atoms with Crippen molar-refractivity contribution < 1.29 is 14.2 Å². The topological polar surface area (TPSA) is 63.8 Å². The number of halogens is 1. The Bertz CT molecular complexity index is 871. The highest BCUT2D eigenvalue weighted by Gasteiger charge is 2.12. The van der Waals surface area contributed by atoms with E-state index in [0.29, 0.717) is 22.1 Å². The van der Waals surface area contributed by atoms with Gasteiger partial charge in [0.1, 0.15) is 18.2 Å². The molecule has 1 aromatic carbocycles. The fourth-order valence-corrected chi connectivity index (χ4v) is 3.12. The van der Waals surface area contributed by atoms with Gasteiger partial charge < -0.3 is 9.84 Å². The van der Waals surface area contributed by atoms with Gasteiger partial charge in [-0.05, 0) is 31.2 Å². The minimum Gasteiger partial charge on any atom is -0.487 e. The monoisotopic (exact) mass is 320 g/mol. The fourth-order valence-electron chi connectivity index (χ4n) is 2.12. The molecule has 0 unspecified atom stereocenters. The molecule has 0 aliphatic heterocycles. The number of hydrogen-bond donors (Lipinski definition) is 1. The van der Waals surface area contributed by atoms with Gasteiger partial charge in [0.15, 0.2) is 4.96 Å². The molecule has 0 atom stereocenters. The van der Waals surface area contributed by atoms with E-state index < -0.39 is 0 Å². The van der Waals surface area contributed by atoms with Crippen LogP contribution in [0.3, 0.4) is 0 Å². The largest absolute Gasteiger partial charge is 0.487 e. The predicted molar refractivity (Wildman–Crippen MR) is 80.7 cm³/mol. The minimum atomic E-state index is -0.337. The first-order chi connectivity index (χ1) is 10.6. The third-order valence-corrected chi connectivity index (χ3v) is 4.21. The van der Waals surface area contributed by atoms with Crippen LogP contribution in [-0.4, -0.2) is 14.5 Å². The summed E-state index contributed by atoms with van der Waals surface area (Å²) in [5.41, 5.74) is 0.791. The molecule has 2 heterocycles. The van der Waals surface area contributed by atoms with Crippen LogP contribution in [-0.2, 0) is 13.2 Å². The molecule has 22 heavy (non-hydrogen) atoms. The van der Waals surface area contributed by atoms with Gasteiger partial charge in [0.25, 0.3) is 5.56 Å². The Hall–Kier alpha value is -2.25. The average molecular weight is 320 g/mol. The standard InChI is InChI=1S/C15H13FN2O3S/c1-9-13(7-19)18-14(20)6-11(17-15(18)22-9)8-21-12-4-2-10(16)3-5-12/h2-6,19H,7-8H2,1H3. The molecule has 1 N–H and O–H groups in total. The van der Waals surface area contributed by atoms with E-state index in [1.807, 2.05) is 6.92 Å². The Morgan fingerprint density at radius 3 is 2.77 bits per heavy atom. The number of hydrogen-bond acceptors (Lipinski definition) is 5. The Labute approximate surface area is 129 Å². The molecule has 2 aromatic heterocycles. The lowest BCUT2D eigenvalue weighted by Gasteiger charge is -2.06. The average Bonchev–Trinajstić information content (AvgIpc) is 2.82. The summed E-state index contributed by atoms with van der Waals surface area (Å²) in [5, 5.41) is 9.34. The van der Waals surface area contributed by atoms with Crippen molar-refractivity contribution in [3.8, 4) is 5.75 Å². The molecular formula is C15H13FN2O3S. The summed E-state index contributed by atoms with van der Waals surface area (Å²) in [5.74, 6) is 0.164. The summed E-state index contributed by atoms with van der Waals surface area (Å²) in [6, 6.07) is 7.01. The molecule has 3 rings (SSSR count). The maximum atomic E-state index is 12.8. The second-order valence-corrected chi connectivity index (χ2v) is 5.89. The van der Waals surface area contributed by atoms with Gasteiger partial charge in [0, 0.05) is 10.9 Å². The normalized spacial score (nSPS) is 11.0. The van der Waals surface area contributed by atoms with Crippen molar-refractivity contribution in [3.63, 3.8) is 0 Å². The molecule has 0 aliphatic rings. The molecule has 0 amide bonds. The molecular weight excluding hydrogens is 307 g/mol. The SMILES string of the molecule is Cc1sc2nc(COc3ccc(F)cc3)cc(=O)n2c1CO. The van der Waals surface area contributed by atoms with Gasteiger partial charge in [-0.25, -0.2) is 9.37 Å². The van der Waals surface area contributed by atoms with Crippen molar-refractivity contribution in [2.75, 3.05) is 0 Å². The van der Waals surface area contributed by atoms with Crippen LogP contribution in [0.25, 0.3) is 4.96 Å². The van der Waals surface area contributed by atoms with E-state index in [2.05, 4.69) is 4.98 Å². The molecule has 0 saturated heterocycles. The lowest BCUT2D eigenvalue weighted by molar-refractivity contribution is 0.274. The van der Waals surface area contributed by atoms with Gasteiger partial charge in [-0.1, -0.05) is 0 Å². The number of aromatic nitrogens is 2.